The average Bonchev–Trinajstić information content (AvgIpc) is 3.09. The van der Waals surface area contributed by atoms with Crippen molar-refractivity contribution >= 4 is 11.9 Å². The second-order valence-corrected chi connectivity index (χ2v) is 5.42. The summed E-state index contributed by atoms with van der Waals surface area (Å²) < 4.78 is 17.7. The Morgan fingerprint density at radius 2 is 1.83 bits per heavy atom. The van der Waals surface area contributed by atoms with Gasteiger partial charge in [-0.1, -0.05) is 0 Å². The number of methoxy groups -OCH3 is 3. The third-order valence-corrected chi connectivity index (χ3v) is 3.56. The van der Waals surface area contributed by atoms with Crippen LogP contribution in [0.1, 0.15) is 35.8 Å². The third-order valence-electron chi connectivity index (χ3n) is 3.56. The maximum atomic E-state index is 12.3. The van der Waals surface area contributed by atoms with Crippen LogP contribution in [0.25, 0.3) is 6.08 Å². The molecule has 0 spiro atoms. The molecule has 1 aromatic carbocycles. The number of carbonyl (C=O) groups excluding carboxylic acids is 1. The fourth-order valence-corrected chi connectivity index (χ4v) is 2.27. The van der Waals surface area contributed by atoms with Gasteiger partial charge in [0.2, 0.25) is 5.75 Å². The highest BCUT2D eigenvalue weighted by Crippen LogP contribution is 2.40. The van der Waals surface area contributed by atoms with Crippen molar-refractivity contribution in [1.82, 2.24) is 9.78 Å². The summed E-state index contributed by atoms with van der Waals surface area (Å²) in [5, 5.41) is 4.18. The molecule has 2 rings (SSSR count). The molecule has 0 amide bonds. The molecule has 0 bridgehead atoms. The van der Waals surface area contributed by atoms with Crippen molar-refractivity contribution in [3.05, 3.63) is 41.7 Å². The zero-order valence-corrected chi connectivity index (χ0v) is 14.6. The van der Waals surface area contributed by atoms with Crippen molar-refractivity contribution in [2.45, 2.75) is 19.9 Å². The van der Waals surface area contributed by atoms with Crippen LogP contribution in [0.2, 0.25) is 0 Å². The number of rotatable bonds is 7. The number of nitrogens with zero attached hydrogens (tertiary/aromatic N) is 2. The van der Waals surface area contributed by atoms with Crippen LogP contribution in [-0.4, -0.2) is 36.9 Å². The van der Waals surface area contributed by atoms with E-state index in [0.29, 0.717) is 22.8 Å². The van der Waals surface area contributed by atoms with Gasteiger partial charge in [-0.2, -0.15) is 5.10 Å². The number of allylic oxidation sites excluding steroid dienone is 1. The molecule has 0 fully saturated rings. The normalized spacial score (nSPS) is 11.1. The Morgan fingerprint density at radius 1 is 1.12 bits per heavy atom. The molecule has 0 atom stereocenters. The number of hydrogen-bond acceptors (Lipinski definition) is 5. The molecule has 2 aromatic rings. The maximum Gasteiger partial charge on any atom is 0.203 e. The zero-order chi connectivity index (χ0) is 17.7. The van der Waals surface area contributed by atoms with E-state index < -0.39 is 0 Å². The molecule has 24 heavy (non-hydrogen) atoms. The van der Waals surface area contributed by atoms with Gasteiger partial charge < -0.3 is 14.2 Å². The molecule has 6 heteroatoms. The summed E-state index contributed by atoms with van der Waals surface area (Å²) in [4.78, 5) is 12.3. The molecular formula is C18H22N2O4. The van der Waals surface area contributed by atoms with E-state index in [1.807, 2.05) is 19.9 Å². The molecule has 0 saturated heterocycles. The van der Waals surface area contributed by atoms with Crippen LogP contribution in [0.4, 0.5) is 0 Å². The van der Waals surface area contributed by atoms with Gasteiger partial charge in [0, 0.05) is 17.8 Å². The SMILES string of the molecule is COc1ccc(/C=C/C(=O)c2cnn(C(C)C)c2)c(OC)c1OC. The molecule has 0 aliphatic carbocycles. The summed E-state index contributed by atoms with van der Waals surface area (Å²) in [5.74, 6) is 1.44. The minimum Gasteiger partial charge on any atom is -0.493 e. The zero-order valence-electron chi connectivity index (χ0n) is 14.6. The smallest absolute Gasteiger partial charge is 0.203 e. The highest BCUT2D eigenvalue weighted by molar-refractivity contribution is 6.06. The second-order valence-electron chi connectivity index (χ2n) is 5.42. The molecule has 0 N–H and O–H groups in total. The molecule has 0 unspecified atom stereocenters. The monoisotopic (exact) mass is 330 g/mol. The average molecular weight is 330 g/mol. The summed E-state index contributed by atoms with van der Waals surface area (Å²) in [7, 11) is 4.64. The van der Waals surface area contributed by atoms with Gasteiger partial charge in [-0.05, 0) is 38.1 Å². The van der Waals surface area contributed by atoms with Crippen LogP contribution in [0.3, 0.4) is 0 Å². The first-order valence-electron chi connectivity index (χ1n) is 7.57. The fourth-order valence-electron chi connectivity index (χ4n) is 2.27. The highest BCUT2D eigenvalue weighted by Gasteiger charge is 2.14. The Kier molecular flexibility index (Phi) is 5.63. The first-order chi connectivity index (χ1) is 11.5. The lowest BCUT2D eigenvalue weighted by Crippen LogP contribution is -2.00. The molecule has 0 aliphatic rings. The van der Waals surface area contributed by atoms with Gasteiger partial charge in [-0.3, -0.25) is 9.48 Å². The first kappa shape index (κ1) is 17.6. The van der Waals surface area contributed by atoms with E-state index in [9.17, 15) is 4.79 Å². The summed E-state index contributed by atoms with van der Waals surface area (Å²) in [6.45, 7) is 4.01. The van der Waals surface area contributed by atoms with Gasteiger partial charge >= 0.3 is 0 Å². The Hall–Kier alpha value is -2.76. The van der Waals surface area contributed by atoms with E-state index in [1.54, 1.807) is 50.5 Å². The topological polar surface area (TPSA) is 62.6 Å². The lowest BCUT2D eigenvalue weighted by Gasteiger charge is -2.13. The number of ether oxygens (including phenoxy) is 3. The van der Waals surface area contributed by atoms with E-state index in [1.165, 1.54) is 6.08 Å². The second kappa shape index (κ2) is 7.68. The van der Waals surface area contributed by atoms with Gasteiger partial charge in [-0.25, -0.2) is 0 Å². The van der Waals surface area contributed by atoms with Crippen LogP contribution in [0, 0.1) is 0 Å². The van der Waals surface area contributed by atoms with Crippen LogP contribution in [-0.2, 0) is 0 Å². The highest BCUT2D eigenvalue weighted by atomic mass is 16.5. The number of hydrogen-bond donors (Lipinski definition) is 0. The van der Waals surface area contributed by atoms with E-state index in [0.717, 1.165) is 5.56 Å². The standard InChI is InChI=1S/C18H22N2O4/c1-12(2)20-11-14(10-19-20)15(21)8-6-13-7-9-16(22-3)18(24-5)17(13)23-4/h6-12H,1-5H3/b8-6+. The van der Waals surface area contributed by atoms with Gasteiger partial charge in [0.25, 0.3) is 0 Å². The number of benzene rings is 1. The lowest BCUT2D eigenvalue weighted by molar-refractivity contribution is 0.104. The molecular weight excluding hydrogens is 308 g/mol. The molecule has 1 heterocycles. The minimum absolute atomic E-state index is 0.126. The fraction of sp³-hybridized carbons (Fsp3) is 0.333. The third kappa shape index (κ3) is 3.59. The number of aromatic nitrogens is 2. The molecule has 0 saturated carbocycles. The van der Waals surface area contributed by atoms with Crippen molar-refractivity contribution in [3.63, 3.8) is 0 Å². The van der Waals surface area contributed by atoms with Crippen LogP contribution in [0.5, 0.6) is 17.2 Å². The maximum absolute atomic E-state index is 12.3. The van der Waals surface area contributed by atoms with Gasteiger partial charge in [-0.15, -0.1) is 0 Å². The number of ketones is 1. The Labute approximate surface area is 141 Å². The molecule has 0 aliphatic heterocycles. The van der Waals surface area contributed by atoms with E-state index >= 15 is 0 Å². The Bertz CT molecular complexity index is 747. The van der Waals surface area contributed by atoms with Crippen molar-refractivity contribution in [2.75, 3.05) is 21.3 Å². The Balaban J connectivity index is 2.29. The van der Waals surface area contributed by atoms with Gasteiger partial charge in [0.1, 0.15) is 0 Å². The summed E-state index contributed by atoms with van der Waals surface area (Å²) >= 11 is 0. The van der Waals surface area contributed by atoms with Crippen molar-refractivity contribution in [2.24, 2.45) is 0 Å². The van der Waals surface area contributed by atoms with Crippen LogP contribution < -0.4 is 14.2 Å². The van der Waals surface area contributed by atoms with Crippen molar-refractivity contribution in [3.8, 4) is 17.2 Å². The summed E-state index contributed by atoms with van der Waals surface area (Å²) in [6, 6.07) is 3.78. The first-order valence-corrected chi connectivity index (χ1v) is 7.57. The van der Waals surface area contributed by atoms with Crippen LogP contribution in [0.15, 0.2) is 30.6 Å². The van der Waals surface area contributed by atoms with Crippen molar-refractivity contribution in [1.29, 1.82) is 0 Å². The molecule has 0 radical (unpaired) electrons. The van der Waals surface area contributed by atoms with Crippen molar-refractivity contribution < 1.29 is 19.0 Å². The minimum atomic E-state index is -0.126. The van der Waals surface area contributed by atoms with E-state index in [-0.39, 0.29) is 11.8 Å². The number of carbonyl (C=O) groups is 1. The largest absolute Gasteiger partial charge is 0.493 e. The van der Waals surface area contributed by atoms with Gasteiger partial charge in [0.15, 0.2) is 17.3 Å². The Morgan fingerprint density at radius 3 is 2.38 bits per heavy atom. The predicted octanol–water partition coefficient (Wildman–Crippen LogP) is 3.39. The van der Waals surface area contributed by atoms with Gasteiger partial charge in [0.05, 0.1) is 33.1 Å². The van der Waals surface area contributed by atoms with Crippen LogP contribution >= 0.6 is 0 Å². The van der Waals surface area contributed by atoms with E-state index in [4.69, 9.17) is 14.2 Å². The molecule has 128 valence electrons. The quantitative estimate of drug-likeness (QED) is 0.575. The summed E-state index contributed by atoms with van der Waals surface area (Å²) in [5.41, 5.74) is 1.26. The lowest BCUT2D eigenvalue weighted by atomic mass is 10.1. The molecule has 1 aromatic heterocycles. The predicted molar refractivity (Wildman–Crippen MR) is 92.1 cm³/mol. The van der Waals surface area contributed by atoms with E-state index in [2.05, 4.69) is 5.10 Å². The summed E-state index contributed by atoms with van der Waals surface area (Å²) in [6.07, 6.45) is 6.49. The molecule has 6 nitrogen and oxygen atoms in total.